The molecule has 0 atom stereocenters. The lowest BCUT2D eigenvalue weighted by Crippen LogP contribution is -2.17. The second kappa shape index (κ2) is 5.22. The summed E-state index contributed by atoms with van der Waals surface area (Å²) in [6.07, 6.45) is -4.75. The monoisotopic (exact) mass is 267 g/mol. The lowest BCUT2D eigenvalue weighted by atomic mass is 10.2. The molecule has 0 unspecified atom stereocenters. The van der Waals surface area contributed by atoms with E-state index in [0.29, 0.717) is 5.75 Å². The molecule has 2 rings (SSSR count). The van der Waals surface area contributed by atoms with E-state index in [1.807, 2.05) is 0 Å². The Morgan fingerprint density at radius 3 is 2.00 bits per heavy atom. The Morgan fingerprint density at radius 1 is 0.842 bits per heavy atom. The zero-order chi connectivity index (χ0) is 13.9. The molecule has 0 aromatic heterocycles. The molecule has 0 aliphatic heterocycles. The number of hydrogen-bond donors (Lipinski definition) is 0. The van der Waals surface area contributed by atoms with Gasteiger partial charge in [0.1, 0.15) is 5.75 Å². The van der Waals surface area contributed by atoms with Gasteiger partial charge in [0.05, 0.1) is 0 Å². The van der Waals surface area contributed by atoms with Gasteiger partial charge in [-0.1, -0.05) is 24.3 Å². The van der Waals surface area contributed by atoms with E-state index in [1.54, 1.807) is 30.3 Å². The Labute approximate surface area is 108 Å². The van der Waals surface area contributed by atoms with Crippen molar-refractivity contribution in [1.82, 2.24) is 0 Å². The number of halogens is 3. The van der Waals surface area contributed by atoms with Crippen molar-refractivity contribution in [3.8, 4) is 17.2 Å². The van der Waals surface area contributed by atoms with Crippen molar-refractivity contribution in [1.29, 1.82) is 0 Å². The van der Waals surface area contributed by atoms with E-state index < -0.39 is 6.36 Å². The van der Waals surface area contributed by atoms with Crippen LogP contribution >= 0.6 is 0 Å². The first-order chi connectivity index (χ1) is 8.94. The van der Waals surface area contributed by atoms with Crippen molar-refractivity contribution in [3.63, 3.8) is 0 Å². The van der Waals surface area contributed by atoms with Crippen LogP contribution in [0.4, 0.5) is 13.2 Å². The van der Waals surface area contributed by atoms with Gasteiger partial charge in [-0.25, -0.2) is 0 Å². The van der Waals surface area contributed by atoms with Crippen molar-refractivity contribution in [2.75, 3.05) is 0 Å². The van der Waals surface area contributed by atoms with Crippen molar-refractivity contribution in [3.05, 3.63) is 61.0 Å². The number of benzene rings is 2. The largest absolute Gasteiger partial charge is 0.573 e. The Bertz CT molecular complexity index is 547. The third-order valence-electron chi connectivity index (χ3n) is 2.23. The molecule has 2 aromatic rings. The molecule has 0 amide bonds. The molecule has 5 heteroatoms. The lowest BCUT2D eigenvalue weighted by Gasteiger charge is -2.13. The van der Waals surface area contributed by atoms with Gasteiger partial charge in [-0.2, -0.15) is 0 Å². The van der Waals surface area contributed by atoms with Crippen LogP contribution < -0.4 is 9.47 Å². The summed E-state index contributed by atoms with van der Waals surface area (Å²) in [6, 6.07) is 12.2. The van der Waals surface area contributed by atoms with E-state index in [4.69, 9.17) is 4.74 Å². The van der Waals surface area contributed by atoms with Gasteiger partial charge in [-0.15, -0.1) is 13.2 Å². The fourth-order valence-corrected chi connectivity index (χ4v) is 1.43. The van der Waals surface area contributed by atoms with Crippen molar-refractivity contribution >= 4 is 0 Å². The minimum atomic E-state index is -4.75. The molecule has 0 N–H and O–H groups in total. The van der Waals surface area contributed by atoms with Crippen molar-refractivity contribution < 1.29 is 22.6 Å². The van der Waals surface area contributed by atoms with Crippen molar-refractivity contribution in [2.45, 2.75) is 6.36 Å². The van der Waals surface area contributed by atoms with Crippen molar-refractivity contribution in [2.24, 2.45) is 0 Å². The highest BCUT2D eigenvalue weighted by Crippen LogP contribution is 2.34. The number of ether oxygens (including phenoxy) is 2. The van der Waals surface area contributed by atoms with Gasteiger partial charge in [0.25, 0.3) is 0 Å². The molecule has 0 saturated carbocycles. The van der Waals surface area contributed by atoms with Crippen LogP contribution in [0.25, 0.3) is 0 Å². The summed E-state index contributed by atoms with van der Waals surface area (Å²) >= 11 is 0. The molecular weight excluding hydrogens is 257 g/mol. The zero-order valence-electron chi connectivity index (χ0n) is 9.78. The average Bonchev–Trinajstić information content (AvgIpc) is 2.33. The van der Waals surface area contributed by atoms with Crippen LogP contribution in [0.1, 0.15) is 5.56 Å². The first-order valence-corrected chi connectivity index (χ1v) is 5.39. The summed E-state index contributed by atoms with van der Waals surface area (Å²) in [5, 5.41) is 0. The molecule has 99 valence electrons. The summed E-state index contributed by atoms with van der Waals surface area (Å²) in [5.41, 5.74) is 0.784. The summed E-state index contributed by atoms with van der Waals surface area (Å²) in [4.78, 5) is 0. The van der Waals surface area contributed by atoms with Gasteiger partial charge < -0.3 is 9.47 Å². The number of para-hydroxylation sites is 2. The zero-order valence-corrected chi connectivity index (χ0v) is 9.78. The van der Waals surface area contributed by atoms with Gasteiger partial charge in [0, 0.05) is 0 Å². The van der Waals surface area contributed by atoms with Gasteiger partial charge >= 0.3 is 6.36 Å². The van der Waals surface area contributed by atoms with Gasteiger partial charge in [-0.05, 0) is 36.8 Å². The second-order valence-corrected chi connectivity index (χ2v) is 3.74. The topological polar surface area (TPSA) is 18.5 Å². The maximum Gasteiger partial charge on any atom is 0.573 e. The summed E-state index contributed by atoms with van der Waals surface area (Å²) in [7, 11) is 0. The Balaban J connectivity index is 2.22. The van der Waals surface area contributed by atoms with Gasteiger partial charge in [-0.3, -0.25) is 0 Å². The normalized spacial score (nSPS) is 11.2. The molecule has 2 nitrogen and oxygen atoms in total. The first kappa shape index (κ1) is 13.3. The third-order valence-corrected chi connectivity index (χ3v) is 2.23. The average molecular weight is 267 g/mol. The SMILES string of the molecule is [CH2]c1ccc(Oc2ccccc2OC(F)(F)F)cc1. The first-order valence-electron chi connectivity index (χ1n) is 5.39. The summed E-state index contributed by atoms with van der Waals surface area (Å²) < 4.78 is 45.9. The maximum absolute atomic E-state index is 12.2. The lowest BCUT2D eigenvalue weighted by molar-refractivity contribution is -0.275. The molecule has 0 fully saturated rings. The highest BCUT2D eigenvalue weighted by molar-refractivity contribution is 5.43. The fraction of sp³-hybridized carbons (Fsp3) is 0.0714. The van der Waals surface area contributed by atoms with E-state index in [0.717, 1.165) is 5.56 Å². The van der Waals surface area contributed by atoms with E-state index >= 15 is 0 Å². The van der Waals surface area contributed by atoms with Gasteiger partial charge in [0.15, 0.2) is 11.5 Å². The van der Waals surface area contributed by atoms with Crippen LogP contribution in [0.15, 0.2) is 48.5 Å². The van der Waals surface area contributed by atoms with Crippen LogP contribution in [0, 0.1) is 6.92 Å². The highest BCUT2D eigenvalue weighted by atomic mass is 19.4. The summed E-state index contributed by atoms with van der Waals surface area (Å²) in [5.74, 6) is 0.0240. The number of alkyl halides is 3. The summed E-state index contributed by atoms with van der Waals surface area (Å²) in [6.45, 7) is 3.71. The molecule has 19 heavy (non-hydrogen) atoms. The molecule has 2 aromatic carbocycles. The molecule has 0 bridgehead atoms. The number of hydrogen-bond acceptors (Lipinski definition) is 2. The van der Waals surface area contributed by atoms with E-state index in [-0.39, 0.29) is 11.5 Å². The van der Waals surface area contributed by atoms with Gasteiger partial charge in [0.2, 0.25) is 0 Å². The molecule has 0 aliphatic rings. The van der Waals surface area contributed by atoms with E-state index in [9.17, 15) is 13.2 Å². The predicted molar refractivity (Wildman–Crippen MR) is 64.1 cm³/mol. The Kier molecular flexibility index (Phi) is 3.64. The molecule has 0 saturated heterocycles. The predicted octanol–water partition coefficient (Wildman–Crippen LogP) is 4.56. The van der Waals surface area contributed by atoms with E-state index in [1.165, 1.54) is 18.2 Å². The Hall–Kier alpha value is -2.17. The molecule has 0 aliphatic carbocycles. The van der Waals surface area contributed by atoms with E-state index in [2.05, 4.69) is 11.7 Å². The minimum Gasteiger partial charge on any atom is -0.453 e. The number of rotatable bonds is 3. The third kappa shape index (κ3) is 3.91. The fourth-order valence-electron chi connectivity index (χ4n) is 1.43. The van der Waals surface area contributed by atoms with Crippen LogP contribution in [0.3, 0.4) is 0 Å². The standard InChI is InChI=1S/C14H10F3O2/c1-10-6-8-11(9-7-10)18-12-4-2-3-5-13(12)19-14(15,16)17/h2-9H,1H2. The molecule has 0 heterocycles. The maximum atomic E-state index is 12.2. The quantitative estimate of drug-likeness (QED) is 0.811. The van der Waals surface area contributed by atoms with Crippen LogP contribution in [0.2, 0.25) is 0 Å². The minimum absolute atomic E-state index is 0.00311. The van der Waals surface area contributed by atoms with Crippen LogP contribution in [-0.4, -0.2) is 6.36 Å². The van der Waals surface area contributed by atoms with Crippen LogP contribution in [0.5, 0.6) is 17.2 Å². The highest BCUT2D eigenvalue weighted by Gasteiger charge is 2.32. The van der Waals surface area contributed by atoms with Crippen LogP contribution in [-0.2, 0) is 0 Å². The second-order valence-electron chi connectivity index (χ2n) is 3.74. The molecule has 0 spiro atoms. The molecular formula is C14H10F3O2. The Morgan fingerprint density at radius 2 is 1.42 bits per heavy atom. The molecule has 1 radical (unpaired) electrons. The smallest absolute Gasteiger partial charge is 0.453 e.